The summed E-state index contributed by atoms with van der Waals surface area (Å²) >= 11 is 0. The number of hydrogen-bond donors (Lipinski definition) is 2. The Kier molecular flexibility index (Phi) is 8.77. The molecule has 1 unspecified atom stereocenters. The van der Waals surface area contributed by atoms with E-state index in [0.717, 1.165) is 24.3 Å². The number of amides is 2. The van der Waals surface area contributed by atoms with Crippen LogP contribution in [0.15, 0.2) is 66.7 Å². The Morgan fingerprint density at radius 3 is 2.08 bits per heavy atom. The van der Waals surface area contributed by atoms with Crippen LogP contribution in [0.3, 0.4) is 0 Å². The summed E-state index contributed by atoms with van der Waals surface area (Å²) in [7, 11) is 0. The Balaban J connectivity index is 2.32. The molecule has 12 heteroatoms. The fraction of sp³-hybridized carbons (Fsp3) is 0.296. The molecule has 4 nitrogen and oxygen atoms in total. The van der Waals surface area contributed by atoms with Crippen LogP contribution in [0.2, 0.25) is 0 Å². The van der Waals surface area contributed by atoms with Gasteiger partial charge in [-0.1, -0.05) is 36.4 Å². The molecule has 0 bridgehead atoms. The van der Waals surface area contributed by atoms with Gasteiger partial charge in [-0.25, -0.2) is 13.6 Å². The van der Waals surface area contributed by atoms with E-state index >= 15 is 0 Å². The molecule has 39 heavy (non-hydrogen) atoms. The van der Waals surface area contributed by atoms with Gasteiger partial charge in [-0.3, -0.25) is 0 Å². The summed E-state index contributed by atoms with van der Waals surface area (Å²) in [5.74, 6) is -2.47. The molecule has 0 radical (unpaired) electrons. The Hall–Kier alpha value is -3.83. The van der Waals surface area contributed by atoms with Crippen molar-refractivity contribution in [1.29, 1.82) is 0 Å². The zero-order chi connectivity index (χ0) is 29.0. The molecule has 0 fully saturated rings. The number of hydrogen-bond acceptors (Lipinski definition) is 2. The zero-order valence-electron chi connectivity index (χ0n) is 20.7. The Morgan fingerprint density at radius 2 is 1.49 bits per heavy atom. The minimum atomic E-state index is -5.00. The second-order valence-corrected chi connectivity index (χ2v) is 9.03. The molecule has 3 aromatic carbocycles. The third kappa shape index (κ3) is 7.84. The van der Waals surface area contributed by atoms with E-state index in [1.165, 1.54) is 0 Å². The van der Waals surface area contributed by atoms with Crippen molar-refractivity contribution in [3.63, 3.8) is 0 Å². The summed E-state index contributed by atoms with van der Waals surface area (Å²) in [6.45, 7) is 1.44. The van der Waals surface area contributed by atoms with E-state index in [1.54, 1.807) is 49.5 Å². The first-order valence-electron chi connectivity index (χ1n) is 11.6. The molecule has 0 aliphatic heterocycles. The van der Waals surface area contributed by atoms with Crippen molar-refractivity contribution < 1.29 is 44.7 Å². The normalized spacial score (nSPS) is 13.6. The van der Waals surface area contributed by atoms with Gasteiger partial charge in [0.15, 0.2) is 11.6 Å². The van der Waals surface area contributed by atoms with Gasteiger partial charge >= 0.3 is 18.4 Å². The topological polar surface area (TPSA) is 50.4 Å². The lowest BCUT2D eigenvalue weighted by atomic mass is 9.77. The number of benzene rings is 3. The van der Waals surface area contributed by atoms with Crippen LogP contribution in [-0.2, 0) is 18.1 Å². The fourth-order valence-corrected chi connectivity index (χ4v) is 3.99. The molecule has 3 aromatic rings. The lowest BCUT2D eigenvalue weighted by Crippen LogP contribution is -2.53. The molecule has 0 heterocycles. The second kappa shape index (κ2) is 11.5. The highest BCUT2D eigenvalue weighted by molar-refractivity contribution is 5.76. The van der Waals surface area contributed by atoms with Crippen molar-refractivity contribution >= 4 is 6.03 Å². The van der Waals surface area contributed by atoms with Crippen molar-refractivity contribution in [3.05, 3.63) is 101 Å². The lowest BCUT2D eigenvalue weighted by molar-refractivity contribution is -0.137. The Morgan fingerprint density at radius 1 is 0.846 bits per heavy atom. The number of nitrogens with one attached hydrogen (secondary N) is 2. The number of urea groups is 1. The number of carbonyl (C=O) groups excluding carboxylic acids is 1. The number of carbonyl (C=O) groups is 1. The maximum absolute atomic E-state index is 14.6. The summed E-state index contributed by atoms with van der Waals surface area (Å²) in [4.78, 5) is 12.8. The fourth-order valence-electron chi connectivity index (χ4n) is 3.99. The predicted octanol–water partition coefficient (Wildman–Crippen LogP) is 7.12. The van der Waals surface area contributed by atoms with Crippen LogP contribution < -0.4 is 15.4 Å². The molecule has 2 amide bonds. The number of halogens is 8. The summed E-state index contributed by atoms with van der Waals surface area (Å²) < 4.78 is 114. The largest absolute Gasteiger partial charge is 0.488 e. The first kappa shape index (κ1) is 29.7. The SMILES string of the molecule is CC(C)Oc1cc(C(Cc2ccccc2)(NC(=O)NCC(F)(F)F)c2cc(F)cc(C(F)(F)F)c2)ccc1F. The summed E-state index contributed by atoms with van der Waals surface area (Å²) in [6.07, 6.45) is -10.7. The maximum Gasteiger partial charge on any atom is 0.416 e. The van der Waals surface area contributed by atoms with E-state index in [4.69, 9.17) is 4.74 Å². The number of ether oxygens (including phenoxy) is 1. The van der Waals surface area contributed by atoms with Crippen molar-refractivity contribution in [2.24, 2.45) is 0 Å². The molecule has 0 aromatic heterocycles. The van der Waals surface area contributed by atoms with Crippen molar-refractivity contribution in [2.45, 2.75) is 44.3 Å². The molecule has 0 aliphatic rings. The molecular formula is C27H24F8N2O2. The molecule has 0 saturated carbocycles. The van der Waals surface area contributed by atoms with Gasteiger partial charge in [0.05, 0.1) is 17.2 Å². The third-order valence-corrected chi connectivity index (χ3v) is 5.59. The zero-order valence-corrected chi connectivity index (χ0v) is 20.7. The lowest BCUT2D eigenvalue weighted by Gasteiger charge is -2.37. The van der Waals surface area contributed by atoms with E-state index in [-0.39, 0.29) is 23.8 Å². The molecule has 0 spiro atoms. The van der Waals surface area contributed by atoms with Gasteiger partial charge in [0.2, 0.25) is 0 Å². The van der Waals surface area contributed by atoms with E-state index < -0.39 is 59.3 Å². The van der Waals surface area contributed by atoms with Gasteiger partial charge in [0.1, 0.15) is 12.4 Å². The molecular weight excluding hydrogens is 536 g/mol. The van der Waals surface area contributed by atoms with Gasteiger partial charge in [0.25, 0.3) is 0 Å². The highest BCUT2D eigenvalue weighted by Gasteiger charge is 2.41. The molecule has 0 aliphatic carbocycles. The van der Waals surface area contributed by atoms with Crippen molar-refractivity contribution in [3.8, 4) is 5.75 Å². The smallest absolute Gasteiger partial charge is 0.416 e. The van der Waals surface area contributed by atoms with Crippen LogP contribution >= 0.6 is 0 Å². The van der Waals surface area contributed by atoms with Gasteiger partial charge < -0.3 is 15.4 Å². The van der Waals surface area contributed by atoms with E-state index in [2.05, 4.69) is 5.32 Å². The molecule has 3 rings (SSSR count). The average molecular weight is 560 g/mol. The average Bonchev–Trinajstić information content (AvgIpc) is 2.82. The number of rotatable bonds is 8. The highest BCUT2D eigenvalue weighted by atomic mass is 19.4. The van der Waals surface area contributed by atoms with Crippen LogP contribution in [-0.4, -0.2) is 24.9 Å². The van der Waals surface area contributed by atoms with Gasteiger partial charge in [-0.15, -0.1) is 0 Å². The quantitative estimate of drug-likeness (QED) is 0.289. The first-order valence-corrected chi connectivity index (χ1v) is 11.6. The Bertz CT molecular complexity index is 1290. The maximum atomic E-state index is 14.6. The van der Waals surface area contributed by atoms with Crippen LogP contribution in [0.5, 0.6) is 5.75 Å². The summed E-state index contributed by atoms with van der Waals surface area (Å²) in [5.41, 5.74) is -3.59. The van der Waals surface area contributed by atoms with E-state index in [0.29, 0.717) is 11.6 Å². The molecule has 0 saturated heterocycles. The monoisotopic (exact) mass is 560 g/mol. The summed E-state index contributed by atoms with van der Waals surface area (Å²) in [5, 5.41) is 3.95. The summed E-state index contributed by atoms with van der Waals surface area (Å²) in [6, 6.07) is 11.3. The minimum absolute atomic E-state index is 0.0655. The van der Waals surface area contributed by atoms with Crippen molar-refractivity contribution in [1.82, 2.24) is 10.6 Å². The minimum Gasteiger partial charge on any atom is -0.488 e. The second-order valence-electron chi connectivity index (χ2n) is 9.03. The van der Waals surface area contributed by atoms with Crippen LogP contribution in [0, 0.1) is 11.6 Å². The van der Waals surface area contributed by atoms with Gasteiger partial charge in [0, 0.05) is 6.42 Å². The van der Waals surface area contributed by atoms with Crippen LogP contribution in [0.1, 0.15) is 36.1 Å². The van der Waals surface area contributed by atoms with Crippen LogP contribution in [0.4, 0.5) is 39.9 Å². The van der Waals surface area contributed by atoms with Gasteiger partial charge in [-0.05, 0) is 60.9 Å². The molecule has 1 atom stereocenters. The third-order valence-electron chi connectivity index (χ3n) is 5.59. The standard InChI is InChI=1S/C27H24F8N2O2/c1-16(2)39-23-13-18(8-9-22(23)29)25(14-17-6-4-3-5-7-17,37-24(38)36-15-26(30,31)32)19-10-20(27(33,34)35)12-21(28)11-19/h3-13,16H,14-15H2,1-2H3,(H2,36,37,38). The highest BCUT2D eigenvalue weighted by Crippen LogP contribution is 2.39. The molecule has 2 N–H and O–H groups in total. The van der Waals surface area contributed by atoms with Crippen LogP contribution in [0.25, 0.3) is 0 Å². The van der Waals surface area contributed by atoms with E-state index in [1.807, 2.05) is 0 Å². The first-order chi connectivity index (χ1) is 18.1. The molecule has 210 valence electrons. The van der Waals surface area contributed by atoms with Gasteiger partial charge in [-0.2, -0.15) is 26.3 Å². The van der Waals surface area contributed by atoms with Crippen molar-refractivity contribution in [2.75, 3.05) is 6.54 Å². The predicted molar refractivity (Wildman–Crippen MR) is 127 cm³/mol. The number of alkyl halides is 6. The van der Waals surface area contributed by atoms with E-state index in [9.17, 15) is 39.9 Å². The Labute approximate surface area is 219 Å².